The average molecular weight is 576 g/mol. The van der Waals surface area contributed by atoms with Gasteiger partial charge in [0.1, 0.15) is 5.60 Å². The lowest BCUT2D eigenvalue weighted by molar-refractivity contribution is -0.148. The van der Waals surface area contributed by atoms with Crippen molar-refractivity contribution in [3.63, 3.8) is 0 Å². The van der Waals surface area contributed by atoms with Crippen LogP contribution in [0, 0.1) is 6.92 Å². The molecule has 216 valence electrons. The predicted molar refractivity (Wildman–Crippen MR) is 162 cm³/mol. The molecule has 8 nitrogen and oxygen atoms in total. The van der Waals surface area contributed by atoms with Gasteiger partial charge in [0.15, 0.2) is 0 Å². The summed E-state index contributed by atoms with van der Waals surface area (Å²) in [5.41, 5.74) is 5.10. The summed E-state index contributed by atoms with van der Waals surface area (Å²) in [6.45, 7) is 10.3. The largest absolute Gasteiger partial charge is 0.381 e. The molecule has 1 aromatic heterocycles. The maximum absolute atomic E-state index is 12.5. The third-order valence-electron chi connectivity index (χ3n) is 8.31. The first-order valence-electron chi connectivity index (χ1n) is 14.2. The van der Waals surface area contributed by atoms with Gasteiger partial charge in [-0.05, 0) is 101 Å². The van der Waals surface area contributed by atoms with Crippen LogP contribution in [0.15, 0.2) is 42.6 Å². The number of carbonyl (C=O) groups is 2. The molecule has 2 amide bonds. The average Bonchev–Trinajstić information content (AvgIpc) is 3.17. The molecule has 0 bridgehead atoms. The van der Waals surface area contributed by atoms with Crippen LogP contribution in [0.2, 0.25) is 5.02 Å². The fourth-order valence-corrected chi connectivity index (χ4v) is 6.12. The van der Waals surface area contributed by atoms with Crippen LogP contribution in [0.25, 0.3) is 0 Å². The van der Waals surface area contributed by atoms with Crippen molar-refractivity contribution in [1.29, 1.82) is 0 Å². The van der Waals surface area contributed by atoms with Gasteiger partial charge in [-0.3, -0.25) is 9.59 Å². The smallest absolute Gasteiger partial charge is 0.253 e. The van der Waals surface area contributed by atoms with Gasteiger partial charge in [-0.25, -0.2) is 9.97 Å². The maximum atomic E-state index is 12.5. The summed E-state index contributed by atoms with van der Waals surface area (Å²) >= 11 is 6.50. The number of likely N-dealkylation sites (tertiary alicyclic amines) is 1. The van der Waals surface area contributed by atoms with Crippen LogP contribution in [0.5, 0.6) is 0 Å². The molecular formula is C32H38ClN5O3. The monoisotopic (exact) mass is 575 g/mol. The summed E-state index contributed by atoms with van der Waals surface area (Å²) < 4.78 is 0. The van der Waals surface area contributed by atoms with Crippen molar-refractivity contribution in [2.24, 2.45) is 0 Å². The third-order valence-corrected chi connectivity index (χ3v) is 8.63. The quantitative estimate of drug-likeness (QED) is 0.335. The molecule has 9 heteroatoms. The lowest BCUT2D eigenvalue weighted by Crippen LogP contribution is -2.48. The second-order valence-electron chi connectivity index (χ2n) is 12.2. The topological polar surface area (TPSA) is 107 Å². The summed E-state index contributed by atoms with van der Waals surface area (Å²) in [5.74, 6) is 0.646. The number of amides is 2. The molecule has 0 atom stereocenters. The number of nitrogens with zero attached hydrogens (tertiary/aromatic N) is 3. The van der Waals surface area contributed by atoms with Crippen molar-refractivity contribution in [2.75, 3.05) is 23.7 Å². The van der Waals surface area contributed by atoms with Crippen molar-refractivity contribution in [3.8, 4) is 0 Å². The Kier molecular flexibility index (Phi) is 7.83. The number of hydrogen-bond acceptors (Lipinski definition) is 6. The number of aliphatic hydroxyl groups is 1. The first kappa shape index (κ1) is 29.0. The van der Waals surface area contributed by atoms with E-state index in [2.05, 4.69) is 46.8 Å². The lowest BCUT2D eigenvalue weighted by atomic mass is 9.82. The molecule has 1 saturated heterocycles. The van der Waals surface area contributed by atoms with Crippen LogP contribution in [0.1, 0.15) is 74.4 Å². The second-order valence-corrected chi connectivity index (χ2v) is 12.6. The standard InChI is InChI=1S/C32H38ClN5O3/c1-19-17-22(20-13-15-38(16-14-20)29(40)32(4,5)41)10-11-24(19)36-30-34-18-23(33)25(37-30)12-9-21-7-6-8-26-27(21)31(2,3)28(39)35-26/h6-8,10-11,17-18,20,41H,9,12-16H2,1-5H3,(H,35,39)(H,34,36,37). The highest BCUT2D eigenvalue weighted by Gasteiger charge is 2.40. The van der Waals surface area contributed by atoms with Crippen molar-refractivity contribution >= 4 is 40.7 Å². The van der Waals surface area contributed by atoms with Gasteiger partial charge in [0.05, 0.1) is 22.3 Å². The Bertz CT molecular complexity index is 1490. The number of halogens is 1. The minimum absolute atomic E-state index is 0.0131. The van der Waals surface area contributed by atoms with E-state index in [1.165, 1.54) is 5.56 Å². The molecule has 1 fully saturated rings. The summed E-state index contributed by atoms with van der Waals surface area (Å²) in [7, 11) is 0. The summed E-state index contributed by atoms with van der Waals surface area (Å²) in [6.07, 6.45) is 4.67. The first-order chi connectivity index (χ1) is 19.3. The molecule has 2 aliphatic heterocycles. The third kappa shape index (κ3) is 5.95. The van der Waals surface area contributed by atoms with Crippen molar-refractivity contribution in [2.45, 2.75) is 77.2 Å². The molecule has 2 aliphatic rings. The molecule has 0 radical (unpaired) electrons. The normalized spacial score (nSPS) is 16.9. The zero-order valence-electron chi connectivity index (χ0n) is 24.3. The Morgan fingerprint density at radius 1 is 1.20 bits per heavy atom. The Morgan fingerprint density at radius 3 is 2.61 bits per heavy atom. The molecule has 0 saturated carbocycles. The number of rotatable bonds is 7. The highest BCUT2D eigenvalue weighted by molar-refractivity contribution is 6.31. The van der Waals surface area contributed by atoms with Gasteiger partial charge in [0.2, 0.25) is 11.9 Å². The number of aryl methyl sites for hydroxylation is 3. The molecule has 3 aromatic rings. The lowest BCUT2D eigenvalue weighted by Gasteiger charge is -2.35. The molecule has 5 rings (SSSR count). The van der Waals surface area contributed by atoms with E-state index in [1.54, 1.807) is 24.9 Å². The number of benzene rings is 2. The SMILES string of the molecule is Cc1cc(C2CCN(C(=O)C(C)(C)O)CC2)ccc1Nc1ncc(Cl)c(CCc2cccc3c2C(C)(C)C(=O)N3)n1. The molecular weight excluding hydrogens is 538 g/mol. The Hall–Kier alpha value is -3.49. The van der Waals surface area contributed by atoms with E-state index < -0.39 is 11.0 Å². The molecule has 3 N–H and O–H groups in total. The van der Waals surface area contributed by atoms with Crippen molar-refractivity contribution in [3.05, 3.63) is 75.6 Å². The Morgan fingerprint density at radius 2 is 1.93 bits per heavy atom. The van der Waals surface area contributed by atoms with Crippen LogP contribution in [0.4, 0.5) is 17.3 Å². The minimum Gasteiger partial charge on any atom is -0.381 e. The number of hydrogen-bond donors (Lipinski definition) is 3. The number of anilines is 3. The minimum atomic E-state index is -1.34. The number of aromatic nitrogens is 2. The first-order valence-corrected chi connectivity index (χ1v) is 14.6. The zero-order chi connectivity index (χ0) is 29.5. The van der Waals surface area contributed by atoms with Crippen LogP contribution in [-0.4, -0.2) is 50.5 Å². The van der Waals surface area contributed by atoms with E-state index in [-0.39, 0.29) is 11.8 Å². The van der Waals surface area contributed by atoms with Gasteiger partial charge in [0.25, 0.3) is 5.91 Å². The summed E-state index contributed by atoms with van der Waals surface area (Å²) in [6, 6.07) is 12.3. The van der Waals surface area contributed by atoms with E-state index in [0.717, 1.165) is 46.6 Å². The van der Waals surface area contributed by atoms with Crippen LogP contribution >= 0.6 is 11.6 Å². The molecule has 2 aromatic carbocycles. The molecule has 0 aliphatic carbocycles. The second kappa shape index (κ2) is 11.1. The van der Waals surface area contributed by atoms with E-state index in [1.807, 2.05) is 26.0 Å². The highest BCUT2D eigenvalue weighted by Crippen LogP contribution is 2.40. The van der Waals surface area contributed by atoms with E-state index >= 15 is 0 Å². The van der Waals surface area contributed by atoms with Crippen LogP contribution < -0.4 is 10.6 Å². The number of piperidine rings is 1. The Labute approximate surface area is 246 Å². The summed E-state index contributed by atoms with van der Waals surface area (Å²) in [5, 5.41) is 16.9. The number of fused-ring (bicyclic) bond motifs is 1. The van der Waals surface area contributed by atoms with Gasteiger partial charge in [-0.1, -0.05) is 35.9 Å². The maximum Gasteiger partial charge on any atom is 0.253 e. The van der Waals surface area contributed by atoms with Crippen LogP contribution in [-0.2, 0) is 27.8 Å². The van der Waals surface area contributed by atoms with Gasteiger partial charge in [0, 0.05) is 24.5 Å². The van der Waals surface area contributed by atoms with Gasteiger partial charge in [-0.2, -0.15) is 0 Å². The molecule has 0 unspecified atom stereocenters. The van der Waals surface area contributed by atoms with E-state index in [4.69, 9.17) is 16.6 Å². The molecule has 0 spiro atoms. The van der Waals surface area contributed by atoms with Gasteiger partial charge >= 0.3 is 0 Å². The highest BCUT2D eigenvalue weighted by atomic mass is 35.5. The van der Waals surface area contributed by atoms with E-state index in [0.29, 0.717) is 42.8 Å². The fraction of sp³-hybridized carbons (Fsp3) is 0.438. The Balaban J connectivity index is 1.25. The van der Waals surface area contributed by atoms with Crippen molar-refractivity contribution in [1.82, 2.24) is 14.9 Å². The predicted octanol–water partition coefficient (Wildman–Crippen LogP) is 5.67. The summed E-state index contributed by atoms with van der Waals surface area (Å²) in [4.78, 5) is 35.8. The zero-order valence-corrected chi connectivity index (χ0v) is 25.1. The molecule has 41 heavy (non-hydrogen) atoms. The van der Waals surface area contributed by atoms with Crippen LogP contribution in [0.3, 0.4) is 0 Å². The molecule has 3 heterocycles. The fourth-order valence-electron chi connectivity index (χ4n) is 5.94. The number of nitrogens with one attached hydrogen (secondary N) is 2. The number of carbonyl (C=O) groups excluding carboxylic acids is 2. The van der Waals surface area contributed by atoms with Gasteiger partial charge < -0.3 is 20.6 Å². The van der Waals surface area contributed by atoms with Crippen molar-refractivity contribution < 1.29 is 14.7 Å². The van der Waals surface area contributed by atoms with E-state index in [9.17, 15) is 14.7 Å². The van der Waals surface area contributed by atoms with Gasteiger partial charge in [-0.15, -0.1) is 0 Å².